The average Bonchev–Trinajstić information content (AvgIpc) is 2.14. The van der Waals surface area contributed by atoms with E-state index in [4.69, 9.17) is 0 Å². The summed E-state index contributed by atoms with van der Waals surface area (Å²) in [4.78, 5) is 2.13. The van der Waals surface area contributed by atoms with E-state index in [1.54, 1.807) is 0 Å². The minimum atomic E-state index is -4.04. The molecule has 1 rings (SSSR count). The second-order valence-electron chi connectivity index (χ2n) is 4.95. The lowest BCUT2D eigenvalue weighted by Crippen LogP contribution is -2.51. The van der Waals surface area contributed by atoms with Crippen molar-refractivity contribution in [2.24, 2.45) is 5.92 Å². The van der Waals surface area contributed by atoms with Crippen LogP contribution in [0.15, 0.2) is 0 Å². The van der Waals surface area contributed by atoms with E-state index in [0.29, 0.717) is 19.0 Å². The van der Waals surface area contributed by atoms with Gasteiger partial charge in [-0.05, 0) is 33.2 Å². The summed E-state index contributed by atoms with van der Waals surface area (Å²) in [7, 11) is 1.82. The highest BCUT2D eigenvalue weighted by Gasteiger charge is 2.36. The van der Waals surface area contributed by atoms with Crippen molar-refractivity contribution < 1.29 is 13.2 Å². The van der Waals surface area contributed by atoms with Crippen LogP contribution in [0.4, 0.5) is 13.2 Å². The molecule has 2 unspecified atom stereocenters. The molecule has 0 aromatic heterocycles. The molecular weight excluding hydrogens is 217 g/mol. The van der Waals surface area contributed by atoms with Crippen LogP contribution in [0.25, 0.3) is 0 Å². The number of piperidine rings is 1. The van der Waals surface area contributed by atoms with Crippen LogP contribution < -0.4 is 5.32 Å². The van der Waals surface area contributed by atoms with Gasteiger partial charge in [-0.15, -0.1) is 0 Å². The normalized spacial score (nSPS) is 28.7. The lowest BCUT2D eigenvalue weighted by molar-refractivity contribution is -0.149. The van der Waals surface area contributed by atoms with Gasteiger partial charge < -0.3 is 5.32 Å². The molecule has 1 saturated heterocycles. The minimum absolute atomic E-state index is 0.184. The molecule has 0 aromatic carbocycles. The Morgan fingerprint density at radius 2 is 1.94 bits per heavy atom. The number of hydrogen-bond acceptors (Lipinski definition) is 2. The summed E-state index contributed by atoms with van der Waals surface area (Å²) in [6.45, 7) is 5.48. The molecule has 0 aromatic rings. The van der Waals surface area contributed by atoms with Crippen LogP contribution in [-0.2, 0) is 0 Å². The maximum absolute atomic E-state index is 12.4. The smallest absolute Gasteiger partial charge is 0.316 e. The van der Waals surface area contributed by atoms with E-state index in [-0.39, 0.29) is 12.0 Å². The molecule has 1 aliphatic rings. The van der Waals surface area contributed by atoms with Crippen molar-refractivity contribution in [3.63, 3.8) is 0 Å². The Hall–Kier alpha value is -0.290. The molecule has 1 N–H and O–H groups in total. The zero-order valence-corrected chi connectivity index (χ0v) is 10.1. The van der Waals surface area contributed by atoms with Crippen LogP contribution >= 0.6 is 0 Å². The van der Waals surface area contributed by atoms with Crippen LogP contribution in [0.5, 0.6) is 0 Å². The number of rotatable bonds is 3. The molecule has 96 valence electrons. The summed E-state index contributed by atoms with van der Waals surface area (Å²) in [5.41, 5.74) is 0. The van der Waals surface area contributed by atoms with Crippen molar-refractivity contribution in [3.05, 3.63) is 0 Å². The number of likely N-dealkylation sites (tertiary alicyclic amines) is 1. The van der Waals surface area contributed by atoms with E-state index in [1.165, 1.54) is 0 Å². The average molecular weight is 238 g/mol. The molecule has 0 aliphatic carbocycles. The van der Waals surface area contributed by atoms with E-state index in [0.717, 1.165) is 6.54 Å². The van der Waals surface area contributed by atoms with Gasteiger partial charge in [0.05, 0.1) is 0 Å². The molecule has 1 heterocycles. The number of halogens is 3. The van der Waals surface area contributed by atoms with Crippen LogP contribution in [0.2, 0.25) is 0 Å². The lowest BCUT2D eigenvalue weighted by atomic mass is 9.90. The van der Waals surface area contributed by atoms with Crippen LogP contribution in [0, 0.1) is 5.92 Å². The first-order valence-electron chi connectivity index (χ1n) is 5.80. The predicted octanol–water partition coefficient (Wildman–Crippen LogP) is 2.26. The highest BCUT2D eigenvalue weighted by atomic mass is 19.4. The summed E-state index contributed by atoms with van der Waals surface area (Å²) in [6, 6.07) is 0.496. The Morgan fingerprint density at radius 3 is 2.38 bits per heavy atom. The highest BCUT2D eigenvalue weighted by molar-refractivity contribution is 4.85. The highest BCUT2D eigenvalue weighted by Crippen LogP contribution is 2.30. The quantitative estimate of drug-likeness (QED) is 0.811. The van der Waals surface area contributed by atoms with Gasteiger partial charge in [0.1, 0.15) is 0 Å². The topological polar surface area (TPSA) is 15.3 Å². The number of nitrogens with zero attached hydrogens (tertiary/aromatic N) is 1. The van der Waals surface area contributed by atoms with Gasteiger partial charge in [-0.25, -0.2) is 0 Å². The summed E-state index contributed by atoms with van der Waals surface area (Å²) < 4.78 is 37.1. The monoisotopic (exact) mass is 238 g/mol. The van der Waals surface area contributed by atoms with Gasteiger partial charge in [0.15, 0.2) is 0 Å². The first-order valence-corrected chi connectivity index (χ1v) is 5.80. The van der Waals surface area contributed by atoms with Gasteiger partial charge in [-0.1, -0.05) is 0 Å². The largest absolute Gasteiger partial charge is 0.389 e. The molecule has 0 radical (unpaired) electrons. The van der Waals surface area contributed by atoms with Gasteiger partial charge in [0.25, 0.3) is 0 Å². The summed E-state index contributed by atoms with van der Waals surface area (Å²) in [5, 5.41) is 3.10. The summed E-state index contributed by atoms with van der Waals surface area (Å²) in [6.07, 6.45) is -4.07. The molecule has 0 saturated carbocycles. The Labute approximate surface area is 95.2 Å². The molecule has 16 heavy (non-hydrogen) atoms. The first kappa shape index (κ1) is 13.8. The van der Waals surface area contributed by atoms with Crippen molar-refractivity contribution in [2.75, 3.05) is 20.1 Å². The Morgan fingerprint density at radius 1 is 1.31 bits per heavy atom. The zero-order valence-electron chi connectivity index (χ0n) is 10.1. The molecule has 0 amide bonds. The van der Waals surface area contributed by atoms with E-state index in [2.05, 4.69) is 10.2 Å². The molecule has 2 nitrogen and oxygen atoms in total. The fraction of sp³-hybridized carbons (Fsp3) is 1.00. The number of hydrogen-bond donors (Lipinski definition) is 1. The van der Waals surface area contributed by atoms with Crippen molar-refractivity contribution in [1.29, 1.82) is 0 Å². The molecule has 2 atom stereocenters. The number of nitrogens with one attached hydrogen (secondary N) is 1. The standard InChI is InChI=1S/C11H21F3N2/c1-8(2)16-6-9(5-11(12,13)14)4-10(7-16)15-3/h8-10,15H,4-7H2,1-3H3. The molecule has 0 spiro atoms. The van der Waals surface area contributed by atoms with E-state index < -0.39 is 12.6 Å². The lowest BCUT2D eigenvalue weighted by Gasteiger charge is -2.40. The van der Waals surface area contributed by atoms with E-state index in [1.807, 2.05) is 20.9 Å². The molecule has 1 aliphatic heterocycles. The van der Waals surface area contributed by atoms with Crippen molar-refractivity contribution in [3.8, 4) is 0 Å². The number of likely N-dealkylation sites (N-methyl/N-ethyl adjacent to an activating group) is 1. The molecular formula is C11H21F3N2. The van der Waals surface area contributed by atoms with Gasteiger partial charge in [-0.3, -0.25) is 4.90 Å². The van der Waals surface area contributed by atoms with Crippen molar-refractivity contribution in [2.45, 2.75) is 44.9 Å². The van der Waals surface area contributed by atoms with Crippen LogP contribution in [0.1, 0.15) is 26.7 Å². The zero-order chi connectivity index (χ0) is 12.3. The third-order valence-corrected chi connectivity index (χ3v) is 3.22. The van der Waals surface area contributed by atoms with Gasteiger partial charge in [-0.2, -0.15) is 13.2 Å². The molecule has 1 fully saturated rings. The summed E-state index contributed by atoms with van der Waals surface area (Å²) in [5.74, 6) is -0.270. The fourth-order valence-electron chi connectivity index (χ4n) is 2.35. The Bertz CT molecular complexity index is 216. The SMILES string of the molecule is CNC1CC(CC(F)(F)F)CN(C(C)C)C1. The van der Waals surface area contributed by atoms with Gasteiger partial charge in [0.2, 0.25) is 0 Å². The maximum Gasteiger partial charge on any atom is 0.389 e. The van der Waals surface area contributed by atoms with Crippen molar-refractivity contribution in [1.82, 2.24) is 10.2 Å². The van der Waals surface area contributed by atoms with Crippen LogP contribution in [-0.4, -0.2) is 43.3 Å². The minimum Gasteiger partial charge on any atom is -0.316 e. The van der Waals surface area contributed by atoms with Crippen molar-refractivity contribution >= 4 is 0 Å². The van der Waals surface area contributed by atoms with E-state index in [9.17, 15) is 13.2 Å². The fourth-order valence-corrected chi connectivity index (χ4v) is 2.35. The third-order valence-electron chi connectivity index (χ3n) is 3.22. The predicted molar refractivity (Wildman–Crippen MR) is 58.3 cm³/mol. The van der Waals surface area contributed by atoms with E-state index >= 15 is 0 Å². The van der Waals surface area contributed by atoms with Gasteiger partial charge >= 0.3 is 6.18 Å². The second kappa shape index (κ2) is 5.36. The Kier molecular flexibility index (Phi) is 4.62. The van der Waals surface area contributed by atoms with Gasteiger partial charge in [0, 0.05) is 31.6 Å². The molecule has 5 heteroatoms. The van der Waals surface area contributed by atoms with Crippen LogP contribution in [0.3, 0.4) is 0 Å². The molecule has 0 bridgehead atoms. The number of alkyl halides is 3. The maximum atomic E-state index is 12.4. The third kappa shape index (κ3) is 4.29. The Balaban J connectivity index is 2.57. The second-order valence-corrected chi connectivity index (χ2v) is 4.95. The first-order chi connectivity index (χ1) is 7.31. The summed E-state index contributed by atoms with van der Waals surface area (Å²) >= 11 is 0.